The first-order valence-electron chi connectivity index (χ1n) is 9.66. The Bertz CT molecular complexity index is 1140. The Kier molecular flexibility index (Phi) is 5.63. The molecule has 9 nitrogen and oxygen atoms in total. The van der Waals surface area contributed by atoms with E-state index in [1.807, 2.05) is 12.1 Å². The lowest BCUT2D eigenvalue weighted by molar-refractivity contribution is 0.0995. The zero-order valence-electron chi connectivity index (χ0n) is 17.1. The fourth-order valence-electron chi connectivity index (χ4n) is 3.44. The Morgan fingerprint density at radius 3 is 2.71 bits per heavy atom. The number of rotatable bonds is 6. The van der Waals surface area contributed by atoms with E-state index in [4.69, 9.17) is 10.5 Å². The minimum Gasteiger partial charge on any atom is -0.495 e. The first-order chi connectivity index (χ1) is 14.9. The van der Waals surface area contributed by atoms with Crippen LogP contribution in [0, 0.1) is 5.82 Å². The summed E-state index contributed by atoms with van der Waals surface area (Å²) in [6.45, 7) is 1.80. The van der Waals surface area contributed by atoms with Gasteiger partial charge in [-0.3, -0.25) is 4.79 Å². The number of ether oxygens (including phenoxy) is 1. The van der Waals surface area contributed by atoms with Gasteiger partial charge in [-0.05, 0) is 48.9 Å². The van der Waals surface area contributed by atoms with Crippen molar-refractivity contribution in [2.75, 3.05) is 31.3 Å². The van der Waals surface area contributed by atoms with Crippen molar-refractivity contribution in [3.8, 4) is 5.75 Å². The van der Waals surface area contributed by atoms with Gasteiger partial charge in [0.1, 0.15) is 11.6 Å². The van der Waals surface area contributed by atoms with Crippen LogP contribution >= 0.6 is 0 Å². The molecule has 1 aromatic heterocycles. The largest absolute Gasteiger partial charge is 0.495 e. The molecule has 2 heterocycles. The summed E-state index contributed by atoms with van der Waals surface area (Å²) in [5.41, 5.74) is 8.37. The third-order valence-electron chi connectivity index (χ3n) is 5.02. The predicted molar refractivity (Wildman–Crippen MR) is 114 cm³/mol. The molecule has 1 amide bonds. The molecule has 0 saturated heterocycles. The Hall–Kier alpha value is -3.79. The van der Waals surface area contributed by atoms with Gasteiger partial charge in [-0.15, -0.1) is 10.2 Å². The lowest BCUT2D eigenvalue weighted by atomic mass is 9.99. The Balaban J connectivity index is 1.68. The van der Waals surface area contributed by atoms with Crippen molar-refractivity contribution in [1.82, 2.24) is 20.1 Å². The number of halogens is 1. The number of hydrogen-bond acceptors (Lipinski definition) is 8. The molecule has 4 rings (SSSR count). The standard InChI is InChI=1S/C21H22FN7O2/c1-29-8-7-12-9-16(17(31-2)10-13(12)11-29)25-21-26-20(18(19(23)30)27-28-21)24-15-6-4-3-5-14(15)22/h3-6,9-10H,7-8,11H2,1-2H3,(H2,23,30)(H2,24,25,26,28). The molecule has 31 heavy (non-hydrogen) atoms. The van der Waals surface area contributed by atoms with Crippen LogP contribution in [0.1, 0.15) is 21.6 Å². The highest BCUT2D eigenvalue weighted by Gasteiger charge is 2.19. The minimum atomic E-state index is -0.833. The smallest absolute Gasteiger partial charge is 0.273 e. The molecule has 1 aliphatic heterocycles. The number of hydrogen-bond donors (Lipinski definition) is 3. The van der Waals surface area contributed by atoms with Crippen LogP contribution in [0.5, 0.6) is 5.75 Å². The number of amides is 1. The van der Waals surface area contributed by atoms with Crippen molar-refractivity contribution in [1.29, 1.82) is 0 Å². The molecule has 0 unspecified atom stereocenters. The third-order valence-corrected chi connectivity index (χ3v) is 5.02. The summed E-state index contributed by atoms with van der Waals surface area (Å²) in [6, 6.07) is 9.99. The van der Waals surface area contributed by atoms with Gasteiger partial charge >= 0.3 is 0 Å². The Labute approximate surface area is 178 Å². The lowest BCUT2D eigenvalue weighted by Crippen LogP contribution is -2.26. The Morgan fingerprint density at radius 2 is 1.97 bits per heavy atom. The average Bonchev–Trinajstić information content (AvgIpc) is 2.75. The van der Waals surface area contributed by atoms with Crippen LogP contribution in [0.15, 0.2) is 36.4 Å². The normalized spacial score (nSPS) is 13.4. The van der Waals surface area contributed by atoms with Crippen molar-refractivity contribution in [3.63, 3.8) is 0 Å². The number of primary amides is 1. The quantitative estimate of drug-likeness (QED) is 0.554. The van der Waals surface area contributed by atoms with Gasteiger partial charge in [0.25, 0.3) is 5.91 Å². The lowest BCUT2D eigenvalue weighted by Gasteiger charge is -2.26. The summed E-state index contributed by atoms with van der Waals surface area (Å²) < 4.78 is 19.6. The minimum absolute atomic E-state index is 0.00588. The van der Waals surface area contributed by atoms with Crippen LogP contribution in [0.2, 0.25) is 0 Å². The number of nitrogens with two attached hydrogens (primary N) is 1. The van der Waals surface area contributed by atoms with Crippen molar-refractivity contribution < 1.29 is 13.9 Å². The fraction of sp³-hybridized carbons (Fsp3) is 0.238. The number of fused-ring (bicyclic) bond motifs is 1. The van der Waals surface area contributed by atoms with Gasteiger partial charge in [0.15, 0.2) is 11.5 Å². The van der Waals surface area contributed by atoms with Crippen LogP contribution in [0.25, 0.3) is 0 Å². The highest BCUT2D eigenvalue weighted by Crippen LogP contribution is 2.33. The van der Waals surface area contributed by atoms with E-state index in [-0.39, 0.29) is 23.1 Å². The number of carbonyl (C=O) groups excluding carboxylic acids is 1. The Morgan fingerprint density at radius 1 is 1.16 bits per heavy atom. The highest BCUT2D eigenvalue weighted by molar-refractivity contribution is 5.96. The van der Waals surface area contributed by atoms with E-state index in [0.29, 0.717) is 11.4 Å². The van der Waals surface area contributed by atoms with Gasteiger partial charge < -0.3 is 26.0 Å². The summed E-state index contributed by atoms with van der Waals surface area (Å²) >= 11 is 0. The third kappa shape index (κ3) is 4.38. The highest BCUT2D eigenvalue weighted by atomic mass is 19.1. The van der Waals surface area contributed by atoms with Crippen LogP contribution in [0.4, 0.5) is 27.5 Å². The van der Waals surface area contributed by atoms with E-state index >= 15 is 0 Å². The van der Waals surface area contributed by atoms with E-state index in [1.165, 1.54) is 23.3 Å². The van der Waals surface area contributed by atoms with E-state index in [2.05, 4.69) is 37.8 Å². The number of nitrogens with zero attached hydrogens (tertiary/aromatic N) is 4. The maximum absolute atomic E-state index is 14.1. The molecule has 3 aromatic rings. The molecule has 4 N–H and O–H groups in total. The maximum atomic E-state index is 14.1. The molecule has 0 spiro atoms. The van der Waals surface area contributed by atoms with Crippen LogP contribution in [0.3, 0.4) is 0 Å². The molecule has 0 atom stereocenters. The molecular formula is C21H22FN7O2. The zero-order chi connectivity index (χ0) is 22.0. The van der Waals surface area contributed by atoms with Gasteiger partial charge in [0, 0.05) is 13.1 Å². The van der Waals surface area contributed by atoms with Crippen molar-refractivity contribution in [2.45, 2.75) is 13.0 Å². The molecule has 0 aliphatic carbocycles. The van der Waals surface area contributed by atoms with E-state index in [1.54, 1.807) is 19.2 Å². The first kappa shape index (κ1) is 20.5. The van der Waals surface area contributed by atoms with Gasteiger partial charge in [0.2, 0.25) is 5.95 Å². The van der Waals surface area contributed by atoms with Gasteiger partial charge in [-0.2, -0.15) is 4.98 Å². The number of para-hydroxylation sites is 1. The van der Waals surface area contributed by atoms with Crippen LogP contribution in [-0.2, 0) is 13.0 Å². The second kappa shape index (κ2) is 8.52. The van der Waals surface area contributed by atoms with Gasteiger partial charge in [0.05, 0.1) is 18.5 Å². The fourth-order valence-corrected chi connectivity index (χ4v) is 3.44. The maximum Gasteiger partial charge on any atom is 0.273 e. The van der Waals surface area contributed by atoms with Crippen LogP contribution < -0.4 is 21.1 Å². The molecule has 0 saturated carbocycles. The second-order valence-electron chi connectivity index (χ2n) is 7.24. The van der Waals surface area contributed by atoms with Crippen LogP contribution in [-0.4, -0.2) is 46.7 Å². The number of carbonyl (C=O) groups is 1. The average molecular weight is 423 g/mol. The monoisotopic (exact) mass is 423 g/mol. The number of likely N-dealkylation sites (N-methyl/N-ethyl adjacent to an activating group) is 1. The molecule has 0 fully saturated rings. The summed E-state index contributed by atoms with van der Waals surface area (Å²) in [7, 11) is 3.66. The van der Waals surface area contributed by atoms with Gasteiger partial charge in [-0.1, -0.05) is 12.1 Å². The predicted octanol–water partition coefficient (Wildman–Crippen LogP) is 2.59. The number of aromatic nitrogens is 3. The summed E-state index contributed by atoms with van der Waals surface area (Å²) in [4.78, 5) is 18.3. The molecule has 1 aliphatic rings. The number of methoxy groups -OCH3 is 1. The molecule has 2 aromatic carbocycles. The molecule has 0 radical (unpaired) electrons. The number of nitrogens with one attached hydrogen (secondary N) is 2. The van der Waals surface area contributed by atoms with Crippen molar-refractivity contribution >= 4 is 29.0 Å². The van der Waals surface area contributed by atoms with Crippen molar-refractivity contribution in [3.05, 3.63) is 59.0 Å². The molecular weight excluding hydrogens is 401 g/mol. The summed E-state index contributed by atoms with van der Waals surface area (Å²) in [5.74, 6) is -0.614. The van der Waals surface area contributed by atoms with E-state index in [0.717, 1.165) is 19.5 Å². The number of benzene rings is 2. The molecule has 0 bridgehead atoms. The number of anilines is 4. The zero-order valence-corrected chi connectivity index (χ0v) is 17.1. The first-order valence-corrected chi connectivity index (χ1v) is 9.66. The summed E-state index contributed by atoms with van der Waals surface area (Å²) in [6.07, 6.45) is 0.907. The van der Waals surface area contributed by atoms with E-state index in [9.17, 15) is 9.18 Å². The SMILES string of the molecule is COc1cc2c(cc1Nc1nnc(C(N)=O)c(Nc3ccccc3F)n1)CCN(C)C2. The topological polar surface area (TPSA) is 118 Å². The molecule has 10 heteroatoms. The second-order valence-corrected chi connectivity index (χ2v) is 7.24. The van der Waals surface area contributed by atoms with Crippen molar-refractivity contribution in [2.24, 2.45) is 5.73 Å². The summed E-state index contributed by atoms with van der Waals surface area (Å²) in [5, 5.41) is 13.7. The van der Waals surface area contributed by atoms with E-state index < -0.39 is 11.7 Å². The molecule has 160 valence electrons. The van der Waals surface area contributed by atoms with Gasteiger partial charge in [-0.25, -0.2) is 4.39 Å².